The molecule has 1 amide bonds. The van der Waals surface area contributed by atoms with E-state index in [0.717, 1.165) is 19.4 Å². The van der Waals surface area contributed by atoms with Crippen LogP contribution in [0.15, 0.2) is 12.2 Å². The van der Waals surface area contributed by atoms with Crippen LogP contribution >= 0.6 is 0 Å². The van der Waals surface area contributed by atoms with Gasteiger partial charge in [-0.05, 0) is 12.8 Å². The van der Waals surface area contributed by atoms with Gasteiger partial charge in [0.05, 0.1) is 0 Å². The lowest BCUT2D eigenvalue weighted by Crippen LogP contribution is -2.14. The van der Waals surface area contributed by atoms with E-state index in [-0.39, 0.29) is 0 Å². The molecule has 0 fully saturated rings. The van der Waals surface area contributed by atoms with Crippen molar-refractivity contribution in [2.45, 2.75) is 64.7 Å². The molecule has 0 N–H and O–H groups in total. The number of nitrogens with zero attached hydrogens (tertiary/aromatic N) is 1. The monoisotopic (exact) mass is 239 g/mol. The predicted molar refractivity (Wildman–Crippen MR) is 75.1 cm³/mol. The first-order valence-electron chi connectivity index (χ1n) is 7.11. The molecular formula is C15H29NO. The quantitative estimate of drug-likeness (QED) is 0.284. The zero-order valence-electron chi connectivity index (χ0n) is 11.7. The lowest BCUT2D eigenvalue weighted by Gasteiger charge is -2.04. The number of rotatable bonds is 12. The van der Waals surface area contributed by atoms with Gasteiger partial charge in [-0.25, -0.2) is 0 Å². The fourth-order valence-electron chi connectivity index (χ4n) is 1.80. The SMILES string of the molecule is CCCCCCCCCCC=CCN(C)C=O. The van der Waals surface area contributed by atoms with E-state index in [1.165, 1.54) is 51.4 Å². The second kappa shape index (κ2) is 13.3. The molecule has 0 unspecified atom stereocenters. The van der Waals surface area contributed by atoms with Crippen molar-refractivity contribution in [2.75, 3.05) is 13.6 Å². The Hall–Kier alpha value is -0.790. The maximum absolute atomic E-state index is 10.3. The van der Waals surface area contributed by atoms with Crippen molar-refractivity contribution in [3.8, 4) is 0 Å². The molecule has 2 nitrogen and oxygen atoms in total. The fourth-order valence-corrected chi connectivity index (χ4v) is 1.80. The van der Waals surface area contributed by atoms with Gasteiger partial charge in [0.25, 0.3) is 0 Å². The number of likely N-dealkylation sites (N-methyl/N-ethyl adjacent to an activating group) is 1. The summed E-state index contributed by atoms with van der Waals surface area (Å²) in [6, 6.07) is 0. The molecule has 0 aromatic rings. The summed E-state index contributed by atoms with van der Waals surface area (Å²) in [4.78, 5) is 12.0. The van der Waals surface area contributed by atoms with Crippen LogP contribution < -0.4 is 0 Å². The third kappa shape index (κ3) is 13.1. The summed E-state index contributed by atoms with van der Waals surface area (Å²) in [5.74, 6) is 0. The van der Waals surface area contributed by atoms with Crippen molar-refractivity contribution in [3.05, 3.63) is 12.2 Å². The first-order valence-corrected chi connectivity index (χ1v) is 7.11. The minimum Gasteiger partial charge on any atom is -0.345 e. The van der Waals surface area contributed by atoms with Crippen LogP contribution in [0.4, 0.5) is 0 Å². The molecule has 0 rings (SSSR count). The number of allylic oxidation sites excluding steroid dienone is 1. The molecule has 17 heavy (non-hydrogen) atoms. The summed E-state index contributed by atoms with van der Waals surface area (Å²) in [7, 11) is 1.80. The Morgan fingerprint density at radius 1 is 0.882 bits per heavy atom. The van der Waals surface area contributed by atoms with E-state index in [0.29, 0.717) is 0 Å². The highest BCUT2D eigenvalue weighted by Crippen LogP contribution is 2.09. The molecule has 0 saturated carbocycles. The number of hydrogen-bond donors (Lipinski definition) is 0. The third-order valence-electron chi connectivity index (χ3n) is 2.96. The zero-order chi connectivity index (χ0) is 12.8. The van der Waals surface area contributed by atoms with Crippen molar-refractivity contribution in [1.82, 2.24) is 4.90 Å². The van der Waals surface area contributed by atoms with Crippen molar-refractivity contribution >= 4 is 6.41 Å². The zero-order valence-corrected chi connectivity index (χ0v) is 11.7. The Bertz CT molecular complexity index is 189. The second-order valence-corrected chi connectivity index (χ2v) is 4.78. The van der Waals surface area contributed by atoms with Crippen molar-refractivity contribution < 1.29 is 4.79 Å². The van der Waals surface area contributed by atoms with Gasteiger partial charge in [-0.1, -0.05) is 64.0 Å². The molecule has 100 valence electrons. The van der Waals surface area contributed by atoms with Crippen molar-refractivity contribution in [2.24, 2.45) is 0 Å². The van der Waals surface area contributed by atoms with E-state index in [1.54, 1.807) is 11.9 Å². The van der Waals surface area contributed by atoms with Crippen LogP contribution in [0, 0.1) is 0 Å². The van der Waals surface area contributed by atoms with Gasteiger partial charge in [-0.15, -0.1) is 0 Å². The average Bonchev–Trinajstić information content (AvgIpc) is 2.35. The summed E-state index contributed by atoms with van der Waals surface area (Å²) in [6.45, 7) is 2.99. The topological polar surface area (TPSA) is 20.3 Å². The molecule has 0 radical (unpaired) electrons. The fraction of sp³-hybridized carbons (Fsp3) is 0.800. The molecule has 0 bridgehead atoms. The Morgan fingerprint density at radius 2 is 1.47 bits per heavy atom. The molecule has 0 spiro atoms. The Kier molecular flexibility index (Phi) is 12.7. The minimum atomic E-state index is 0.737. The molecule has 0 heterocycles. The molecular weight excluding hydrogens is 210 g/mol. The van der Waals surface area contributed by atoms with Gasteiger partial charge >= 0.3 is 0 Å². The van der Waals surface area contributed by atoms with E-state index in [9.17, 15) is 4.79 Å². The summed E-state index contributed by atoms with van der Waals surface area (Å²) in [6.07, 6.45) is 17.3. The largest absolute Gasteiger partial charge is 0.345 e. The predicted octanol–water partition coefficient (Wildman–Crippen LogP) is 4.16. The van der Waals surface area contributed by atoms with Gasteiger partial charge in [0.1, 0.15) is 0 Å². The van der Waals surface area contributed by atoms with Crippen LogP contribution in [0.25, 0.3) is 0 Å². The third-order valence-corrected chi connectivity index (χ3v) is 2.96. The van der Waals surface area contributed by atoms with Gasteiger partial charge < -0.3 is 4.90 Å². The Balaban J connectivity index is 3.10. The molecule has 0 atom stereocenters. The van der Waals surface area contributed by atoms with Gasteiger partial charge in [-0.2, -0.15) is 0 Å². The highest BCUT2D eigenvalue weighted by atomic mass is 16.1. The van der Waals surface area contributed by atoms with Crippen LogP contribution in [-0.2, 0) is 4.79 Å². The number of amides is 1. The van der Waals surface area contributed by atoms with Crippen LogP contribution in [0.5, 0.6) is 0 Å². The number of hydrogen-bond acceptors (Lipinski definition) is 1. The molecule has 0 aliphatic carbocycles. The molecule has 0 saturated heterocycles. The smallest absolute Gasteiger partial charge is 0.209 e. The highest BCUT2D eigenvalue weighted by Gasteiger charge is 1.90. The standard InChI is InChI=1S/C15H29NO/c1-3-4-5-6-7-8-9-10-11-12-13-14-16(2)15-17/h12-13,15H,3-11,14H2,1-2H3. The maximum atomic E-state index is 10.3. The number of unbranched alkanes of at least 4 members (excludes halogenated alkanes) is 8. The van der Waals surface area contributed by atoms with Crippen LogP contribution in [0.2, 0.25) is 0 Å². The maximum Gasteiger partial charge on any atom is 0.209 e. The van der Waals surface area contributed by atoms with E-state index >= 15 is 0 Å². The molecule has 0 aliphatic heterocycles. The van der Waals surface area contributed by atoms with Gasteiger partial charge in [0.2, 0.25) is 6.41 Å². The lowest BCUT2D eigenvalue weighted by atomic mass is 10.1. The van der Waals surface area contributed by atoms with Gasteiger partial charge in [0.15, 0.2) is 0 Å². The first-order chi connectivity index (χ1) is 8.31. The molecule has 0 aromatic carbocycles. The van der Waals surface area contributed by atoms with Gasteiger partial charge in [0, 0.05) is 13.6 Å². The summed E-state index contributed by atoms with van der Waals surface area (Å²) >= 11 is 0. The highest BCUT2D eigenvalue weighted by molar-refractivity contribution is 5.46. The van der Waals surface area contributed by atoms with Crippen LogP contribution in [0.3, 0.4) is 0 Å². The van der Waals surface area contributed by atoms with Crippen molar-refractivity contribution in [3.63, 3.8) is 0 Å². The van der Waals surface area contributed by atoms with Crippen LogP contribution in [-0.4, -0.2) is 24.9 Å². The van der Waals surface area contributed by atoms with Gasteiger partial charge in [-0.3, -0.25) is 4.79 Å². The van der Waals surface area contributed by atoms with E-state index < -0.39 is 0 Å². The molecule has 0 aromatic heterocycles. The minimum absolute atomic E-state index is 0.737. The van der Waals surface area contributed by atoms with Crippen LogP contribution in [0.1, 0.15) is 64.7 Å². The summed E-state index contributed by atoms with van der Waals surface area (Å²) < 4.78 is 0. The number of carbonyl (C=O) groups excluding carboxylic acids is 1. The van der Waals surface area contributed by atoms with E-state index in [4.69, 9.17) is 0 Å². The van der Waals surface area contributed by atoms with E-state index in [2.05, 4.69) is 19.1 Å². The second-order valence-electron chi connectivity index (χ2n) is 4.78. The summed E-state index contributed by atoms with van der Waals surface area (Å²) in [5, 5.41) is 0. The molecule has 0 aliphatic rings. The van der Waals surface area contributed by atoms with Crippen molar-refractivity contribution in [1.29, 1.82) is 0 Å². The molecule has 2 heteroatoms. The normalized spacial score (nSPS) is 10.9. The number of carbonyl (C=O) groups is 1. The lowest BCUT2D eigenvalue weighted by molar-refractivity contribution is -0.116. The first kappa shape index (κ1) is 16.2. The Morgan fingerprint density at radius 3 is 2.06 bits per heavy atom. The van der Waals surface area contributed by atoms with E-state index in [1.807, 2.05) is 0 Å². The average molecular weight is 239 g/mol. The Labute approximate surface area is 107 Å². The summed E-state index contributed by atoms with van der Waals surface area (Å²) in [5.41, 5.74) is 0.